The highest BCUT2D eigenvalue weighted by Crippen LogP contribution is 2.27. The number of rotatable bonds is 3. The van der Waals surface area contributed by atoms with Crippen LogP contribution in [0.15, 0.2) is 23.7 Å². The molecule has 0 N–H and O–H groups in total. The van der Waals surface area contributed by atoms with Gasteiger partial charge in [-0.05, 0) is 18.4 Å². The molecule has 0 atom stereocenters. The summed E-state index contributed by atoms with van der Waals surface area (Å²) in [6.45, 7) is 2.16. The SMILES string of the molecule is CCOC(=O)c1cnn(C)c1-c1cccs1. The topological polar surface area (TPSA) is 44.1 Å². The summed E-state index contributed by atoms with van der Waals surface area (Å²) in [6, 6.07) is 3.91. The molecule has 0 saturated heterocycles. The van der Waals surface area contributed by atoms with Gasteiger partial charge in [-0.15, -0.1) is 11.3 Å². The molecule has 4 nitrogen and oxygen atoms in total. The van der Waals surface area contributed by atoms with Crippen LogP contribution in [-0.4, -0.2) is 22.4 Å². The summed E-state index contributed by atoms with van der Waals surface area (Å²) in [6.07, 6.45) is 1.55. The number of hydrogen-bond acceptors (Lipinski definition) is 4. The largest absolute Gasteiger partial charge is 0.462 e. The molecule has 2 rings (SSSR count). The van der Waals surface area contributed by atoms with Crippen LogP contribution in [0.2, 0.25) is 0 Å². The molecule has 2 aromatic rings. The molecule has 0 aliphatic heterocycles. The standard InChI is InChI=1S/C11H12N2O2S/c1-3-15-11(14)8-7-12-13(2)10(8)9-5-4-6-16-9/h4-7H,3H2,1-2H3. The maximum absolute atomic E-state index is 11.7. The second kappa shape index (κ2) is 4.49. The Hall–Kier alpha value is -1.62. The highest BCUT2D eigenvalue weighted by Gasteiger charge is 2.18. The minimum atomic E-state index is -0.320. The predicted molar refractivity (Wildman–Crippen MR) is 62.5 cm³/mol. The van der Waals surface area contributed by atoms with Crippen LogP contribution in [0.1, 0.15) is 17.3 Å². The minimum absolute atomic E-state index is 0.320. The summed E-state index contributed by atoms with van der Waals surface area (Å²) in [5.41, 5.74) is 1.33. The van der Waals surface area contributed by atoms with Crippen molar-refractivity contribution in [3.05, 3.63) is 29.3 Å². The second-order valence-corrected chi connectivity index (χ2v) is 4.18. The molecular weight excluding hydrogens is 224 g/mol. The van der Waals surface area contributed by atoms with Crippen LogP contribution in [0.4, 0.5) is 0 Å². The van der Waals surface area contributed by atoms with Crippen LogP contribution >= 0.6 is 11.3 Å². The fourth-order valence-electron chi connectivity index (χ4n) is 1.50. The minimum Gasteiger partial charge on any atom is -0.462 e. The Morgan fingerprint density at radius 1 is 1.62 bits per heavy atom. The Morgan fingerprint density at radius 2 is 2.44 bits per heavy atom. The van der Waals surface area contributed by atoms with Gasteiger partial charge < -0.3 is 4.74 Å². The number of esters is 1. The number of thiophene rings is 1. The van der Waals surface area contributed by atoms with Gasteiger partial charge in [-0.25, -0.2) is 4.79 Å². The van der Waals surface area contributed by atoms with E-state index in [0.29, 0.717) is 12.2 Å². The van der Waals surface area contributed by atoms with Crippen LogP contribution in [0.5, 0.6) is 0 Å². The van der Waals surface area contributed by atoms with Gasteiger partial charge in [0.05, 0.1) is 23.4 Å². The lowest BCUT2D eigenvalue weighted by molar-refractivity contribution is 0.0527. The lowest BCUT2D eigenvalue weighted by atomic mass is 10.2. The molecule has 0 fully saturated rings. The highest BCUT2D eigenvalue weighted by atomic mass is 32.1. The first-order valence-electron chi connectivity index (χ1n) is 4.97. The van der Waals surface area contributed by atoms with Crippen LogP contribution in [-0.2, 0) is 11.8 Å². The van der Waals surface area contributed by atoms with Crippen molar-refractivity contribution in [1.29, 1.82) is 0 Å². The van der Waals surface area contributed by atoms with Gasteiger partial charge in [0.1, 0.15) is 5.56 Å². The third-order valence-corrected chi connectivity index (χ3v) is 3.07. The molecule has 0 saturated carbocycles. The maximum Gasteiger partial charge on any atom is 0.342 e. The third-order valence-electron chi connectivity index (χ3n) is 2.19. The molecule has 0 aliphatic rings. The fraction of sp³-hybridized carbons (Fsp3) is 0.273. The molecule has 0 amide bonds. The first kappa shape index (κ1) is 10.9. The van der Waals surface area contributed by atoms with Gasteiger partial charge >= 0.3 is 5.97 Å². The molecule has 2 aromatic heterocycles. The van der Waals surface area contributed by atoms with Gasteiger partial charge in [0.15, 0.2) is 0 Å². The van der Waals surface area contributed by atoms with E-state index in [-0.39, 0.29) is 5.97 Å². The van der Waals surface area contributed by atoms with E-state index in [9.17, 15) is 4.79 Å². The summed E-state index contributed by atoms with van der Waals surface area (Å²) in [5, 5.41) is 6.07. The molecule has 0 radical (unpaired) electrons. The van der Waals surface area contributed by atoms with E-state index in [1.807, 2.05) is 24.6 Å². The molecule has 0 aromatic carbocycles. The summed E-state index contributed by atoms with van der Waals surface area (Å²) < 4.78 is 6.68. The van der Waals surface area contributed by atoms with E-state index in [1.54, 1.807) is 29.1 Å². The zero-order valence-electron chi connectivity index (χ0n) is 9.14. The van der Waals surface area contributed by atoms with E-state index in [2.05, 4.69) is 5.10 Å². The van der Waals surface area contributed by atoms with Gasteiger partial charge in [-0.3, -0.25) is 4.68 Å². The van der Waals surface area contributed by atoms with Gasteiger partial charge in [0, 0.05) is 7.05 Å². The maximum atomic E-state index is 11.7. The van der Waals surface area contributed by atoms with E-state index in [4.69, 9.17) is 4.74 Å². The van der Waals surface area contributed by atoms with Gasteiger partial charge in [-0.2, -0.15) is 5.10 Å². The summed E-state index contributed by atoms with van der Waals surface area (Å²) in [7, 11) is 1.82. The van der Waals surface area contributed by atoms with E-state index in [1.165, 1.54) is 0 Å². The molecule has 84 valence electrons. The Kier molecular flexibility index (Phi) is 3.05. The average molecular weight is 236 g/mol. The van der Waals surface area contributed by atoms with Crippen molar-refractivity contribution in [2.45, 2.75) is 6.92 Å². The molecule has 0 aliphatic carbocycles. The first-order chi connectivity index (χ1) is 7.74. The van der Waals surface area contributed by atoms with Crippen molar-refractivity contribution in [2.75, 3.05) is 6.61 Å². The van der Waals surface area contributed by atoms with E-state index in [0.717, 1.165) is 10.6 Å². The summed E-state index contributed by atoms with van der Waals surface area (Å²) >= 11 is 1.58. The Labute approximate surface area is 97.5 Å². The van der Waals surface area contributed by atoms with Gasteiger partial charge in [-0.1, -0.05) is 6.07 Å². The lowest BCUT2D eigenvalue weighted by Crippen LogP contribution is -2.05. The molecule has 0 spiro atoms. The Balaban J connectivity index is 2.44. The van der Waals surface area contributed by atoms with Crippen LogP contribution in [0.25, 0.3) is 10.6 Å². The number of carbonyl (C=O) groups is 1. The zero-order chi connectivity index (χ0) is 11.5. The lowest BCUT2D eigenvalue weighted by Gasteiger charge is -2.03. The van der Waals surface area contributed by atoms with Gasteiger partial charge in [0.25, 0.3) is 0 Å². The fourth-order valence-corrected chi connectivity index (χ4v) is 2.32. The van der Waals surface area contributed by atoms with Crippen LogP contribution < -0.4 is 0 Å². The molecular formula is C11H12N2O2S. The Morgan fingerprint density at radius 3 is 3.06 bits per heavy atom. The van der Waals surface area contributed by atoms with E-state index < -0.39 is 0 Å². The van der Waals surface area contributed by atoms with Crippen LogP contribution in [0.3, 0.4) is 0 Å². The molecule has 5 heteroatoms. The molecule has 2 heterocycles. The van der Waals surface area contributed by atoms with Crippen LogP contribution in [0, 0.1) is 0 Å². The number of hydrogen-bond donors (Lipinski definition) is 0. The van der Waals surface area contributed by atoms with Crippen molar-refractivity contribution < 1.29 is 9.53 Å². The van der Waals surface area contributed by atoms with Gasteiger partial charge in [0.2, 0.25) is 0 Å². The summed E-state index contributed by atoms with van der Waals surface area (Å²) in [4.78, 5) is 12.7. The smallest absolute Gasteiger partial charge is 0.342 e. The van der Waals surface area contributed by atoms with E-state index >= 15 is 0 Å². The average Bonchev–Trinajstić information content (AvgIpc) is 2.86. The molecule has 0 bridgehead atoms. The quantitative estimate of drug-likeness (QED) is 0.768. The monoisotopic (exact) mass is 236 g/mol. The van der Waals surface area contributed by atoms with Crippen molar-refractivity contribution >= 4 is 17.3 Å². The van der Waals surface area contributed by atoms with Crippen molar-refractivity contribution in [3.63, 3.8) is 0 Å². The predicted octanol–water partition coefficient (Wildman–Crippen LogP) is 2.33. The number of aryl methyl sites for hydroxylation is 1. The van der Waals surface area contributed by atoms with Crippen molar-refractivity contribution in [1.82, 2.24) is 9.78 Å². The molecule has 0 unspecified atom stereocenters. The zero-order valence-corrected chi connectivity index (χ0v) is 9.95. The normalized spacial score (nSPS) is 10.4. The Bertz CT molecular complexity index is 488. The van der Waals surface area contributed by atoms with Crippen molar-refractivity contribution in [3.8, 4) is 10.6 Å². The number of carbonyl (C=O) groups excluding carboxylic acids is 1. The number of nitrogens with zero attached hydrogens (tertiary/aromatic N) is 2. The third kappa shape index (κ3) is 1.86. The first-order valence-corrected chi connectivity index (χ1v) is 5.85. The highest BCUT2D eigenvalue weighted by molar-refractivity contribution is 7.13. The summed E-state index contributed by atoms with van der Waals surface area (Å²) in [5.74, 6) is -0.320. The van der Waals surface area contributed by atoms with Crippen molar-refractivity contribution in [2.24, 2.45) is 7.05 Å². The molecule has 16 heavy (non-hydrogen) atoms. The number of aromatic nitrogens is 2. The number of ether oxygens (including phenoxy) is 1. The second-order valence-electron chi connectivity index (χ2n) is 3.23.